The van der Waals surface area contributed by atoms with Crippen molar-refractivity contribution in [3.63, 3.8) is 0 Å². The van der Waals surface area contributed by atoms with Crippen LogP contribution in [0.1, 0.15) is 81.5 Å². The molecule has 4 rings (SSSR count). The molecule has 2 amide bonds. The van der Waals surface area contributed by atoms with E-state index in [1.54, 1.807) is 22.9 Å². The molecule has 10 heteroatoms. The van der Waals surface area contributed by atoms with E-state index in [0.717, 1.165) is 46.6 Å². The number of amides is 2. The number of benzene rings is 1. The monoisotopic (exact) mass is 525 g/mol. The molecule has 1 aliphatic carbocycles. The third-order valence-electron chi connectivity index (χ3n) is 7.20. The van der Waals surface area contributed by atoms with E-state index in [0.29, 0.717) is 37.8 Å². The van der Waals surface area contributed by atoms with Gasteiger partial charge in [0.15, 0.2) is 0 Å². The Morgan fingerprint density at radius 3 is 2.65 bits per heavy atom. The number of aromatic nitrogens is 4. The van der Waals surface area contributed by atoms with Crippen LogP contribution < -0.4 is 16.4 Å². The smallest absolute Gasteiger partial charge is 0.243 e. The van der Waals surface area contributed by atoms with Gasteiger partial charge in [0.25, 0.3) is 0 Å². The molecule has 0 aliphatic heterocycles. The average molecular weight is 526 g/mol. The van der Waals surface area contributed by atoms with E-state index in [1.807, 2.05) is 12.3 Å². The fourth-order valence-electron chi connectivity index (χ4n) is 4.97. The van der Waals surface area contributed by atoms with Gasteiger partial charge >= 0.3 is 0 Å². The van der Waals surface area contributed by atoms with Gasteiger partial charge in [0.05, 0.1) is 33.5 Å². The Balaban J connectivity index is 1.53. The molecule has 2 aromatic heterocycles. The number of carbonyl (C=O) groups excluding carboxylic acids is 2. The zero-order chi connectivity index (χ0) is 26.4. The zero-order valence-corrected chi connectivity index (χ0v) is 22.9. The van der Waals surface area contributed by atoms with Gasteiger partial charge in [-0.05, 0) is 42.4 Å². The second-order valence-corrected chi connectivity index (χ2v) is 11.4. The van der Waals surface area contributed by atoms with Gasteiger partial charge in [-0.1, -0.05) is 51.3 Å². The predicted molar refractivity (Wildman–Crippen MR) is 146 cm³/mol. The molecule has 0 spiro atoms. The summed E-state index contributed by atoms with van der Waals surface area (Å²) >= 11 is 1.59. The second-order valence-electron chi connectivity index (χ2n) is 10.3. The highest BCUT2D eigenvalue weighted by Crippen LogP contribution is 2.29. The lowest BCUT2D eigenvalue weighted by molar-refractivity contribution is -0.129. The number of carbonyl (C=O) groups is 2. The van der Waals surface area contributed by atoms with Crippen LogP contribution in [-0.2, 0) is 29.1 Å². The number of thiazole rings is 1. The molecule has 0 radical (unpaired) electrons. The lowest BCUT2D eigenvalue weighted by Gasteiger charge is -2.32. The van der Waals surface area contributed by atoms with Crippen molar-refractivity contribution in [1.29, 1.82) is 0 Å². The molecule has 9 nitrogen and oxygen atoms in total. The van der Waals surface area contributed by atoms with Crippen LogP contribution >= 0.6 is 11.3 Å². The molecule has 4 N–H and O–H groups in total. The Hall–Kier alpha value is -2.85. The van der Waals surface area contributed by atoms with Gasteiger partial charge < -0.3 is 16.4 Å². The van der Waals surface area contributed by atoms with Crippen molar-refractivity contribution in [2.45, 2.75) is 96.8 Å². The van der Waals surface area contributed by atoms with Gasteiger partial charge in [-0.2, -0.15) is 0 Å². The fraction of sp³-hybridized carbons (Fsp3) is 0.593. The van der Waals surface area contributed by atoms with Gasteiger partial charge in [-0.15, -0.1) is 16.4 Å². The van der Waals surface area contributed by atoms with Crippen LogP contribution in [0.4, 0.5) is 0 Å². The Morgan fingerprint density at radius 2 is 1.97 bits per heavy atom. The lowest BCUT2D eigenvalue weighted by atomic mass is 9.83. The molecule has 0 unspecified atom stereocenters. The molecule has 0 bridgehead atoms. The molecular formula is C27H39N7O2S. The van der Waals surface area contributed by atoms with Gasteiger partial charge in [0.1, 0.15) is 6.04 Å². The average Bonchev–Trinajstić information content (AvgIpc) is 3.53. The molecule has 37 heavy (non-hydrogen) atoms. The SMILES string of the molecule is CCC(=O)N[C@@H](Cc1nc2ccc(C(C)C)cc2s1)C(=O)N[C@H](Cn1cc(CN)nn1)C1CCCCC1. The standard InChI is InChI=1S/C27H39N7O2S/c1-4-25(35)29-22(13-26-30-21-11-10-19(17(2)3)12-24(21)37-26)27(36)31-23(18-8-6-5-7-9-18)16-34-15-20(14-28)32-33-34/h10-12,15,17-18,22-23H,4-9,13-14,16,28H2,1-3H3,(H,29,35)(H,31,36)/t22-,23+/m0/s1. The molecule has 0 saturated heterocycles. The highest BCUT2D eigenvalue weighted by atomic mass is 32.1. The minimum Gasteiger partial charge on any atom is -0.349 e. The minimum atomic E-state index is -0.695. The highest BCUT2D eigenvalue weighted by Gasteiger charge is 2.30. The first-order valence-corrected chi connectivity index (χ1v) is 14.3. The molecule has 1 fully saturated rings. The second kappa shape index (κ2) is 12.6. The van der Waals surface area contributed by atoms with E-state index < -0.39 is 6.04 Å². The summed E-state index contributed by atoms with van der Waals surface area (Å²) in [6, 6.07) is 5.52. The van der Waals surface area contributed by atoms with Crippen molar-refractivity contribution in [3.05, 3.63) is 40.7 Å². The molecule has 200 valence electrons. The maximum absolute atomic E-state index is 13.6. The van der Waals surface area contributed by atoms with E-state index in [2.05, 4.69) is 46.9 Å². The van der Waals surface area contributed by atoms with Crippen molar-refractivity contribution in [2.24, 2.45) is 11.7 Å². The molecule has 2 heterocycles. The van der Waals surface area contributed by atoms with Crippen LogP contribution in [0.15, 0.2) is 24.4 Å². The quantitative estimate of drug-likeness (QED) is 0.350. The summed E-state index contributed by atoms with van der Waals surface area (Å²) in [4.78, 5) is 30.8. The molecule has 3 aromatic rings. The Kier molecular flexibility index (Phi) is 9.26. The van der Waals surface area contributed by atoms with Crippen LogP contribution in [-0.4, -0.2) is 43.9 Å². The highest BCUT2D eigenvalue weighted by molar-refractivity contribution is 7.18. The third kappa shape index (κ3) is 7.13. The molecule has 1 aliphatic rings. The van der Waals surface area contributed by atoms with Crippen molar-refractivity contribution >= 4 is 33.4 Å². The number of rotatable bonds is 11. The van der Waals surface area contributed by atoms with E-state index in [4.69, 9.17) is 10.7 Å². The van der Waals surface area contributed by atoms with E-state index in [-0.39, 0.29) is 17.9 Å². The lowest BCUT2D eigenvalue weighted by Crippen LogP contribution is -2.53. The summed E-state index contributed by atoms with van der Waals surface area (Å²) in [6.07, 6.45) is 8.16. The first kappa shape index (κ1) is 27.2. The van der Waals surface area contributed by atoms with Crippen LogP contribution in [0.3, 0.4) is 0 Å². The number of hydrogen-bond acceptors (Lipinski definition) is 7. The Morgan fingerprint density at radius 1 is 1.19 bits per heavy atom. The van der Waals surface area contributed by atoms with Crippen molar-refractivity contribution in [2.75, 3.05) is 0 Å². The normalized spacial score (nSPS) is 16.1. The number of fused-ring (bicyclic) bond motifs is 1. The number of nitrogens with two attached hydrogens (primary N) is 1. The van der Waals surface area contributed by atoms with Crippen molar-refractivity contribution in [1.82, 2.24) is 30.6 Å². The van der Waals surface area contributed by atoms with Gasteiger partial charge in [-0.3, -0.25) is 14.3 Å². The number of hydrogen-bond donors (Lipinski definition) is 3. The van der Waals surface area contributed by atoms with Gasteiger partial charge in [-0.25, -0.2) is 4.98 Å². The van der Waals surface area contributed by atoms with Gasteiger partial charge in [0, 0.05) is 25.6 Å². The van der Waals surface area contributed by atoms with Gasteiger partial charge in [0.2, 0.25) is 11.8 Å². The Bertz CT molecular complexity index is 1200. The van der Waals surface area contributed by atoms with Crippen LogP contribution in [0, 0.1) is 5.92 Å². The molecule has 1 aromatic carbocycles. The summed E-state index contributed by atoms with van der Waals surface area (Å²) in [6.45, 7) is 6.98. The Labute approximate surface area is 222 Å². The predicted octanol–water partition coefficient (Wildman–Crippen LogP) is 3.67. The van der Waals surface area contributed by atoms with Crippen molar-refractivity contribution in [3.8, 4) is 0 Å². The topological polar surface area (TPSA) is 128 Å². The summed E-state index contributed by atoms with van der Waals surface area (Å²) < 4.78 is 2.87. The molecule has 1 saturated carbocycles. The fourth-order valence-corrected chi connectivity index (χ4v) is 6.03. The van der Waals surface area contributed by atoms with Crippen molar-refractivity contribution < 1.29 is 9.59 Å². The maximum Gasteiger partial charge on any atom is 0.243 e. The van der Waals surface area contributed by atoms with E-state index in [1.165, 1.54) is 12.0 Å². The summed E-state index contributed by atoms with van der Waals surface area (Å²) in [5.41, 5.74) is 8.62. The number of nitrogens with one attached hydrogen (secondary N) is 2. The summed E-state index contributed by atoms with van der Waals surface area (Å²) in [7, 11) is 0. The minimum absolute atomic E-state index is 0.106. The molecule has 2 atom stereocenters. The van der Waals surface area contributed by atoms with E-state index in [9.17, 15) is 9.59 Å². The van der Waals surface area contributed by atoms with E-state index >= 15 is 0 Å². The first-order chi connectivity index (χ1) is 17.9. The number of nitrogens with zero attached hydrogens (tertiary/aromatic N) is 4. The summed E-state index contributed by atoms with van der Waals surface area (Å²) in [5, 5.41) is 15.4. The van der Waals surface area contributed by atoms with Crippen LogP contribution in [0.2, 0.25) is 0 Å². The first-order valence-electron chi connectivity index (χ1n) is 13.4. The molecular weight excluding hydrogens is 486 g/mol. The van der Waals surface area contributed by atoms with Crippen LogP contribution in [0.5, 0.6) is 0 Å². The third-order valence-corrected chi connectivity index (χ3v) is 8.24. The maximum atomic E-state index is 13.6. The largest absolute Gasteiger partial charge is 0.349 e. The summed E-state index contributed by atoms with van der Waals surface area (Å²) in [5.74, 6) is 0.447. The van der Waals surface area contributed by atoms with Crippen LogP contribution in [0.25, 0.3) is 10.2 Å². The zero-order valence-electron chi connectivity index (χ0n) is 22.1.